The van der Waals surface area contributed by atoms with Crippen molar-refractivity contribution in [1.29, 1.82) is 0 Å². The summed E-state index contributed by atoms with van der Waals surface area (Å²) >= 11 is 0. The van der Waals surface area contributed by atoms with Crippen LogP contribution in [0.1, 0.15) is 5.56 Å². The number of hydrazone groups is 1. The average Bonchev–Trinajstić information content (AvgIpc) is 2.34. The Morgan fingerprint density at radius 3 is 2.53 bits per heavy atom. The predicted molar refractivity (Wildman–Crippen MR) is 66.7 cm³/mol. The molecule has 0 bridgehead atoms. The van der Waals surface area contributed by atoms with Crippen molar-refractivity contribution in [2.45, 2.75) is 0 Å². The lowest BCUT2D eigenvalue weighted by atomic mass is 10.1. The van der Waals surface area contributed by atoms with Gasteiger partial charge in [-0.1, -0.05) is 24.3 Å². The van der Waals surface area contributed by atoms with Crippen molar-refractivity contribution >= 4 is 6.21 Å². The highest BCUT2D eigenvalue weighted by molar-refractivity contribution is 5.80. The molecule has 0 saturated carbocycles. The number of nitrogens with two attached hydrogens (primary N) is 1. The summed E-state index contributed by atoms with van der Waals surface area (Å²) in [6.07, 6.45) is 1.57. The number of nitrogens with zero attached hydrogens (tertiary/aromatic N) is 3. The van der Waals surface area contributed by atoms with Crippen molar-refractivity contribution in [3.05, 3.63) is 52.3 Å². The van der Waals surface area contributed by atoms with Crippen molar-refractivity contribution in [2.75, 3.05) is 0 Å². The van der Waals surface area contributed by atoms with Crippen LogP contribution in [-0.2, 0) is 7.05 Å². The van der Waals surface area contributed by atoms with Gasteiger partial charge >= 0.3 is 0 Å². The minimum atomic E-state index is -0.124. The van der Waals surface area contributed by atoms with E-state index in [9.17, 15) is 4.79 Å². The van der Waals surface area contributed by atoms with Gasteiger partial charge in [-0.15, -0.1) is 0 Å². The van der Waals surface area contributed by atoms with Crippen LogP contribution in [0.4, 0.5) is 0 Å². The summed E-state index contributed by atoms with van der Waals surface area (Å²) in [5.41, 5.74) is 2.49. The van der Waals surface area contributed by atoms with Crippen LogP contribution in [0.3, 0.4) is 0 Å². The first-order valence-electron chi connectivity index (χ1n) is 5.09. The molecule has 5 nitrogen and oxygen atoms in total. The monoisotopic (exact) mass is 228 g/mol. The van der Waals surface area contributed by atoms with Gasteiger partial charge in [-0.2, -0.15) is 10.2 Å². The van der Waals surface area contributed by atoms with E-state index in [0.29, 0.717) is 0 Å². The lowest BCUT2D eigenvalue weighted by Gasteiger charge is -2.02. The second kappa shape index (κ2) is 4.61. The first-order chi connectivity index (χ1) is 8.20. The fraction of sp³-hybridized carbons (Fsp3) is 0.0833. The quantitative estimate of drug-likeness (QED) is 0.468. The van der Waals surface area contributed by atoms with Crippen LogP contribution in [0.2, 0.25) is 0 Å². The molecule has 0 aliphatic carbocycles. The van der Waals surface area contributed by atoms with Crippen LogP contribution in [0.5, 0.6) is 0 Å². The smallest absolute Gasteiger partial charge is 0.266 e. The molecular weight excluding hydrogens is 216 g/mol. The van der Waals surface area contributed by atoms with Gasteiger partial charge in [0, 0.05) is 18.7 Å². The van der Waals surface area contributed by atoms with Gasteiger partial charge in [0.1, 0.15) is 0 Å². The molecule has 17 heavy (non-hydrogen) atoms. The highest BCUT2D eigenvalue weighted by Crippen LogP contribution is 2.15. The van der Waals surface area contributed by atoms with E-state index < -0.39 is 0 Å². The fourth-order valence-electron chi connectivity index (χ4n) is 1.48. The SMILES string of the molecule is Cn1nc(-c2ccc(C=NN)cc2)ccc1=O. The van der Waals surface area contributed by atoms with E-state index in [1.165, 1.54) is 10.7 Å². The number of hydrogen-bond acceptors (Lipinski definition) is 4. The van der Waals surface area contributed by atoms with Gasteiger partial charge in [0.2, 0.25) is 0 Å². The van der Waals surface area contributed by atoms with Crippen LogP contribution < -0.4 is 11.4 Å². The Morgan fingerprint density at radius 1 is 1.24 bits per heavy atom. The van der Waals surface area contributed by atoms with Crippen molar-refractivity contribution in [3.63, 3.8) is 0 Å². The number of aromatic nitrogens is 2. The summed E-state index contributed by atoms with van der Waals surface area (Å²) in [6, 6.07) is 10.8. The highest BCUT2D eigenvalue weighted by Gasteiger charge is 2.00. The normalized spacial score (nSPS) is 10.9. The van der Waals surface area contributed by atoms with Gasteiger partial charge in [-0.3, -0.25) is 4.79 Å². The highest BCUT2D eigenvalue weighted by atomic mass is 16.1. The van der Waals surface area contributed by atoms with E-state index in [1.807, 2.05) is 24.3 Å². The Morgan fingerprint density at radius 2 is 1.94 bits per heavy atom. The molecule has 0 radical (unpaired) electrons. The molecule has 0 atom stereocenters. The second-order valence-corrected chi connectivity index (χ2v) is 3.58. The third kappa shape index (κ3) is 2.39. The van der Waals surface area contributed by atoms with Crippen molar-refractivity contribution in [2.24, 2.45) is 18.0 Å². The van der Waals surface area contributed by atoms with E-state index >= 15 is 0 Å². The Labute approximate surface area is 98.2 Å². The first kappa shape index (κ1) is 11.1. The van der Waals surface area contributed by atoms with Gasteiger partial charge in [0.15, 0.2) is 0 Å². The molecule has 1 aromatic heterocycles. The molecule has 0 aliphatic rings. The first-order valence-corrected chi connectivity index (χ1v) is 5.09. The minimum absolute atomic E-state index is 0.124. The lowest BCUT2D eigenvalue weighted by Crippen LogP contribution is -2.18. The van der Waals surface area contributed by atoms with Crippen LogP contribution in [0.25, 0.3) is 11.3 Å². The minimum Gasteiger partial charge on any atom is -0.323 e. The number of benzene rings is 1. The number of aryl methyl sites for hydroxylation is 1. The van der Waals surface area contributed by atoms with Crippen molar-refractivity contribution in [1.82, 2.24) is 9.78 Å². The van der Waals surface area contributed by atoms with Gasteiger partial charge in [0.25, 0.3) is 5.56 Å². The maximum absolute atomic E-state index is 11.2. The standard InChI is InChI=1S/C12H12N4O/c1-16-12(17)7-6-11(15-16)10-4-2-9(3-5-10)8-14-13/h2-8H,13H2,1H3. The summed E-state index contributed by atoms with van der Waals surface area (Å²) in [5, 5.41) is 7.61. The van der Waals surface area contributed by atoms with Crippen molar-refractivity contribution < 1.29 is 0 Å². The molecular formula is C12H12N4O. The van der Waals surface area contributed by atoms with E-state index in [2.05, 4.69) is 10.2 Å². The third-order valence-corrected chi connectivity index (χ3v) is 2.39. The zero-order valence-corrected chi connectivity index (χ0v) is 9.37. The van der Waals surface area contributed by atoms with Crippen molar-refractivity contribution in [3.8, 4) is 11.3 Å². The molecule has 0 saturated heterocycles. The molecule has 86 valence electrons. The van der Waals surface area contributed by atoms with Gasteiger partial charge < -0.3 is 5.84 Å². The summed E-state index contributed by atoms with van der Waals surface area (Å²) in [4.78, 5) is 11.2. The Bertz CT molecular complexity index is 599. The largest absolute Gasteiger partial charge is 0.323 e. The number of hydrogen-bond donors (Lipinski definition) is 1. The predicted octanol–water partition coefficient (Wildman–Crippen LogP) is 0.740. The maximum atomic E-state index is 11.2. The topological polar surface area (TPSA) is 73.3 Å². The lowest BCUT2D eigenvalue weighted by molar-refractivity contribution is 0.712. The van der Waals surface area contributed by atoms with Crippen LogP contribution >= 0.6 is 0 Å². The molecule has 0 fully saturated rings. The summed E-state index contributed by atoms with van der Waals surface area (Å²) in [5.74, 6) is 5.07. The van der Waals surface area contributed by atoms with Gasteiger partial charge in [-0.05, 0) is 11.6 Å². The second-order valence-electron chi connectivity index (χ2n) is 3.58. The molecule has 2 rings (SSSR count). The Kier molecular flexibility index (Phi) is 3.00. The molecule has 0 amide bonds. The van der Waals surface area contributed by atoms with Gasteiger partial charge in [0.05, 0.1) is 11.9 Å². The Hall–Kier alpha value is -2.43. The third-order valence-electron chi connectivity index (χ3n) is 2.39. The molecule has 0 aliphatic heterocycles. The average molecular weight is 228 g/mol. The zero-order valence-electron chi connectivity index (χ0n) is 9.37. The van der Waals surface area contributed by atoms with E-state index in [0.717, 1.165) is 16.8 Å². The Balaban J connectivity index is 2.39. The maximum Gasteiger partial charge on any atom is 0.266 e. The molecule has 2 aromatic rings. The summed E-state index contributed by atoms with van der Waals surface area (Å²) in [7, 11) is 1.63. The van der Waals surface area contributed by atoms with Crippen LogP contribution in [0, 0.1) is 0 Å². The number of rotatable bonds is 2. The molecule has 5 heteroatoms. The molecule has 0 unspecified atom stereocenters. The van der Waals surface area contributed by atoms with E-state index in [4.69, 9.17) is 5.84 Å². The van der Waals surface area contributed by atoms with E-state index in [-0.39, 0.29) is 5.56 Å². The van der Waals surface area contributed by atoms with E-state index in [1.54, 1.807) is 19.3 Å². The molecule has 2 N–H and O–H groups in total. The molecule has 1 heterocycles. The van der Waals surface area contributed by atoms with Gasteiger partial charge in [-0.25, -0.2) is 4.68 Å². The summed E-state index contributed by atoms with van der Waals surface area (Å²) < 4.78 is 1.31. The zero-order chi connectivity index (χ0) is 12.3. The summed E-state index contributed by atoms with van der Waals surface area (Å²) in [6.45, 7) is 0. The molecule has 1 aromatic carbocycles. The molecule has 0 spiro atoms. The van der Waals surface area contributed by atoms with Crippen LogP contribution in [0.15, 0.2) is 46.3 Å². The fourth-order valence-corrected chi connectivity index (χ4v) is 1.48. The van der Waals surface area contributed by atoms with Crippen LogP contribution in [-0.4, -0.2) is 16.0 Å².